The Hall–Kier alpha value is -1.06. The monoisotopic (exact) mass is 274 g/mol. The van der Waals surface area contributed by atoms with Crippen LogP contribution in [-0.4, -0.2) is 37.7 Å². The molecule has 110 valence electrons. The molecule has 2 fully saturated rings. The smallest absolute Gasteiger partial charge is 0.123 e. The van der Waals surface area contributed by atoms with E-state index in [4.69, 9.17) is 10.5 Å². The molecule has 1 aromatic carbocycles. The highest BCUT2D eigenvalue weighted by atomic mass is 16.5. The molecule has 1 aliphatic heterocycles. The minimum Gasteiger partial charge on any atom is -0.490 e. The van der Waals surface area contributed by atoms with Crippen LogP contribution in [0.5, 0.6) is 5.75 Å². The Labute approximate surface area is 122 Å². The number of nitrogens with zero attached hydrogens (tertiary/aromatic N) is 1. The molecular weight excluding hydrogens is 248 g/mol. The Kier molecular flexibility index (Phi) is 3.99. The first-order valence-electron chi connectivity index (χ1n) is 7.88. The van der Waals surface area contributed by atoms with Gasteiger partial charge in [-0.15, -0.1) is 0 Å². The molecule has 3 nitrogen and oxygen atoms in total. The van der Waals surface area contributed by atoms with Crippen molar-refractivity contribution in [3.63, 3.8) is 0 Å². The number of para-hydroxylation sites is 1. The summed E-state index contributed by atoms with van der Waals surface area (Å²) in [6.07, 6.45) is 6.32. The van der Waals surface area contributed by atoms with Crippen LogP contribution < -0.4 is 10.5 Å². The van der Waals surface area contributed by atoms with Crippen molar-refractivity contribution in [3.8, 4) is 5.75 Å². The summed E-state index contributed by atoms with van der Waals surface area (Å²) in [5.74, 6) is 1.08. The average Bonchev–Trinajstić information content (AvgIpc) is 2.43. The van der Waals surface area contributed by atoms with Crippen LogP contribution >= 0.6 is 0 Å². The third kappa shape index (κ3) is 2.57. The van der Waals surface area contributed by atoms with Crippen molar-refractivity contribution in [3.05, 3.63) is 29.8 Å². The fraction of sp³-hybridized carbons (Fsp3) is 0.647. The highest BCUT2D eigenvalue weighted by molar-refractivity contribution is 5.41. The zero-order chi connectivity index (χ0) is 14.0. The summed E-state index contributed by atoms with van der Waals surface area (Å²) in [6.45, 7) is 3.00. The van der Waals surface area contributed by atoms with Gasteiger partial charge in [0, 0.05) is 30.6 Å². The van der Waals surface area contributed by atoms with Crippen LogP contribution in [0.2, 0.25) is 0 Å². The van der Waals surface area contributed by atoms with Gasteiger partial charge in [-0.1, -0.05) is 24.6 Å². The van der Waals surface area contributed by atoms with Gasteiger partial charge in [-0.2, -0.15) is 0 Å². The van der Waals surface area contributed by atoms with Gasteiger partial charge in [-0.05, 0) is 38.8 Å². The predicted molar refractivity (Wildman–Crippen MR) is 82.2 cm³/mol. The number of hydrogen-bond acceptors (Lipinski definition) is 3. The molecule has 0 atom stereocenters. The van der Waals surface area contributed by atoms with Crippen LogP contribution in [0, 0.1) is 0 Å². The van der Waals surface area contributed by atoms with Crippen molar-refractivity contribution >= 4 is 0 Å². The maximum absolute atomic E-state index is 6.34. The normalized spacial score (nSPS) is 23.3. The van der Waals surface area contributed by atoms with Gasteiger partial charge in [0.05, 0.1) is 0 Å². The van der Waals surface area contributed by atoms with Gasteiger partial charge in [0.25, 0.3) is 0 Å². The van der Waals surface area contributed by atoms with Crippen molar-refractivity contribution in [1.82, 2.24) is 4.90 Å². The summed E-state index contributed by atoms with van der Waals surface area (Å²) in [4.78, 5) is 2.37. The first-order chi connectivity index (χ1) is 9.73. The molecule has 0 aromatic heterocycles. The van der Waals surface area contributed by atoms with Crippen molar-refractivity contribution in [2.45, 2.75) is 43.6 Å². The second kappa shape index (κ2) is 5.74. The van der Waals surface area contributed by atoms with Gasteiger partial charge < -0.3 is 15.4 Å². The molecule has 0 bridgehead atoms. The number of hydrogen-bond donors (Lipinski definition) is 1. The SMILES string of the molecule is CN1CCC(Oc2ccccc2C2(CN)CCC2)CC1. The summed E-state index contributed by atoms with van der Waals surface area (Å²) in [6, 6.07) is 8.54. The van der Waals surface area contributed by atoms with Crippen LogP contribution in [0.1, 0.15) is 37.7 Å². The fourth-order valence-corrected chi connectivity index (χ4v) is 3.48. The topological polar surface area (TPSA) is 38.5 Å². The maximum Gasteiger partial charge on any atom is 0.123 e. The molecule has 0 spiro atoms. The van der Waals surface area contributed by atoms with Gasteiger partial charge in [0.1, 0.15) is 11.9 Å². The van der Waals surface area contributed by atoms with Gasteiger partial charge >= 0.3 is 0 Å². The fourth-order valence-electron chi connectivity index (χ4n) is 3.48. The van der Waals surface area contributed by atoms with E-state index >= 15 is 0 Å². The Morgan fingerprint density at radius 2 is 1.95 bits per heavy atom. The van der Waals surface area contributed by atoms with Crippen molar-refractivity contribution in [1.29, 1.82) is 0 Å². The molecule has 1 saturated heterocycles. The molecule has 2 aliphatic rings. The minimum absolute atomic E-state index is 0.183. The lowest BCUT2D eigenvalue weighted by Gasteiger charge is -2.42. The second-order valence-corrected chi connectivity index (χ2v) is 6.45. The Balaban J connectivity index is 1.76. The summed E-state index contributed by atoms with van der Waals surface area (Å²) in [5, 5.41) is 0. The van der Waals surface area contributed by atoms with Gasteiger partial charge in [0.15, 0.2) is 0 Å². The summed E-state index contributed by atoms with van der Waals surface area (Å²) >= 11 is 0. The maximum atomic E-state index is 6.34. The molecule has 3 heteroatoms. The summed E-state index contributed by atoms with van der Waals surface area (Å²) in [7, 11) is 2.18. The van der Waals surface area contributed by atoms with E-state index in [1.807, 2.05) is 0 Å². The molecule has 0 radical (unpaired) electrons. The van der Waals surface area contributed by atoms with Crippen LogP contribution in [0.4, 0.5) is 0 Å². The highest BCUT2D eigenvalue weighted by Crippen LogP contribution is 2.46. The van der Waals surface area contributed by atoms with Crippen molar-refractivity contribution in [2.24, 2.45) is 5.73 Å². The average molecular weight is 274 g/mol. The molecule has 1 aliphatic carbocycles. The molecule has 0 unspecified atom stereocenters. The van der Waals surface area contributed by atoms with E-state index in [1.165, 1.54) is 24.8 Å². The minimum atomic E-state index is 0.183. The first-order valence-corrected chi connectivity index (χ1v) is 7.88. The zero-order valence-corrected chi connectivity index (χ0v) is 12.5. The molecule has 1 aromatic rings. The third-order valence-electron chi connectivity index (χ3n) is 5.12. The summed E-state index contributed by atoms with van der Waals surface area (Å²) < 4.78 is 6.34. The Morgan fingerprint density at radius 3 is 2.55 bits per heavy atom. The third-order valence-corrected chi connectivity index (χ3v) is 5.12. The van der Waals surface area contributed by atoms with Crippen molar-refractivity contribution < 1.29 is 4.74 Å². The van der Waals surface area contributed by atoms with Crippen LogP contribution in [0.3, 0.4) is 0 Å². The number of ether oxygens (including phenoxy) is 1. The van der Waals surface area contributed by atoms with Crippen LogP contribution in [-0.2, 0) is 5.41 Å². The largest absolute Gasteiger partial charge is 0.490 e. The molecule has 0 amide bonds. The van der Waals surface area contributed by atoms with Gasteiger partial charge in [-0.25, -0.2) is 0 Å². The molecule has 1 heterocycles. The number of rotatable bonds is 4. The molecule has 3 rings (SSSR count). The highest BCUT2D eigenvalue weighted by Gasteiger charge is 2.39. The lowest BCUT2D eigenvalue weighted by molar-refractivity contribution is 0.109. The number of likely N-dealkylation sites (tertiary alicyclic amines) is 1. The second-order valence-electron chi connectivity index (χ2n) is 6.45. The molecule has 2 N–H and O–H groups in total. The molecule has 20 heavy (non-hydrogen) atoms. The van der Waals surface area contributed by atoms with Gasteiger partial charge in [-0.3, -0.25) is 0 Å². The Morgan fingerprint density at radius 1 is 1.25 bits per heavy atom. The van der Waals surface area contributed by atoms with Crippen molar-refractivity contribution in [2.75, 3.05) is 26.7 Å². The van der Waals surface area contributed by atoms with E-state index in [9.17, 15) is 0 Å². The Bertz CT molecular complexity index is 443. The lowest BCUT2D eigenvalue weighted by atomic mass is 9.64. The van der Waals surface area contributed by atoms with E-state index in [-0.39, 0.29) is 5.41 Å². The van der Waals surface area contributed by atoms with E-state index < -0.39 is 0 Å². The number of benzene rings is 1. The van der Waals surface area contributed by atoms with Crippen LogP contribution in [0.15, 0.2) is 24.3 Å². The predicted octanol–water partition coefficient (Wildman–Crippen LogP) is 2.54. The van der Waals surface area contributed by atoms with E-state index in [1.54, 1.807) is 0 Å². The standard InChI is InChI=1S/C17H26N2O/c1-19-11-7-14(8-12-19)20-16-6-3-2-5-15(16)17(13-18)9-4-10-17/h2-3,5-6,14H,4,7-13,18H2,1H3. The molecule has 1 saturated carbocycles. The zero-order valence-electron chi connectivity index (χ0n) is 12.5. The number of nitrogens with two attached hydrogens (primary N) is 1. The number of piperidine rings is 1. The lowest BCUT2D eigenvalue weighted by Crippen LogP contribution is -2.42. The summed E-state index contributed by atoms with van der Waals surface area (Å²) in [5.41, 5.74) is 7.58. The quantitative estimate of drug-likeness (QED) is 0.917. The van der Waals surface area contributed by atoms with E-state index in [0.717, 1.165) is 38.2 Å². The van der Waals surface area contributed by atoms with Gasteiger partial charge in [0.2, 0.25) is 0 Å². The van der Waals surface area contributed by atoms with E-state index in [2.05, 4.69) is 36.2 Å². The van der Waals surface area contributed by atoms with E-state index in [0.29, 0.717) is 6.10 Å². The van der Waals surface area contributed by atoms with Crippen LogP contribution in [0.25, 0.3) is 0 Å². The molecular formula is C17H26N2O. The first kappa shape index (κ1) is 13.9.